The Morgan fingerprint density at radius 1 is 0.706 bits per heavy atom. The van der Waals surface area contributed by atoms with Gasteiger partial charge in [0.15, 0.2) is 0 Å². The smallest absolute Gasteiger partial charge is 0.220 e. The molecule has 0 heterocycles. The van der Waals surface area contributed by atoms with Crippen molar-refractivity contribution in [3.8, 4) is 0 Å². The molecule has 0 rings (SSSR count). The molecule has 0 radical (unpaired) electrons. The zero-order valence-corrected chi connectivity index (χ0v) is 22.4. The number of carbonyl (C=O) groups excluding carboxylic acids is 1. The summed E-state index contributed by atoms with van der Waals surface area (Å²) >= 11 is 0. The van der Waals surface area contributed by atoms with Crippen LogP contribution in [0.15, 0.2) is 36.5 Å². The van der Waals surface area contributed by atoms with Crippen molar-refractivity contribution >= 4 is 5.91 Å². The number of amides is 1. The van der Waals surface area contributed by atoms with Crippen molar-refractivity contribution < 1.29 is 15.0 Å². The van der Waals surface area contributed by atoms with Crippen molar-refractivity contribution in [2.75, 3.05) is 6.61 Å². The van der Waals surface area contributed by atoms with Crippen molar-refractivity contribution in [2.45, 2.75) is 142 Å². The highest BCUT2D eigenvalue weighted by atomic mass is 16.3. The van der Waals surface area contributed by atoms with E-state index in [-0.39, 0.29) is 12.5 Å². The number of hydrogen-bond donors (Lipinski definition) is 3. The first-order valence-corrected chi connectivity index (χ1v) is 14.2. The van der Waals surface area contributed by atoms with Gasteiger partial charge in [0.1, 0.15) is 0 Å². The van der Waals surface area contributed by atoms with Crippen molar-refractivity contribution in [1.29, 1.82) is 0 Å². The van der Waals surface area contributed by atoms with Crippen LogP contribution in [-0.4, -0.2) is 34.9 Å². The van der Waals surface area contributed by atoms with E-state index in [1.54, 1.807) is 6.08 Å². The number of nitrogens with one attached hydrogen (secondary N) is 1. The monoisotopic (exact) mass is 477 g/mol. The zero-order valence-electron chi connectivity index (χ0n) is 22.4. The molecule has 4 heteroatoms. The van der Waals surface area contributed by atoms with Gasteiger partial charge in [-0.05, 0) is 51.4 Å². The molecule has 4 nitrogen and oxygen atoms in total. The molecule has 0 aliphatic rings. The van der Waals surface area contributed by atoms with Crippen LogP contribution in [0.25, 0.3) is 0 Å². The molecular weight excluding hydrogens is 422 g/mol. The Morgan fingerprint density at radius 3 is 1.76 bits per heavy atom. The fourth-order valence-corrected chi connectivity index (χ4v) is 3.85. The summed E-state index contributed by atoms with van der Waals surface area (Å²) in [5.41, 5.74) is 0. The highest BCUT2D eigenvalue weighted by Crippen LogP contribution is 2.09. The molecule has 0 saturated heterocycles. The number of hydrogen-bond acceptors (Lipinski definition) is 3. The fraction of sp³-hybridized carbons (Fsp3) is 0.767. The summed E-state index contributed by atoms with van der Waals surface area (Å²) < 4.78 is 0. The van der Waals surface area contributed by atoms with Crippen LogP contribution >= 0.6 is 0 Å². The van der Waals surface area contributed by atoms with Gasteiger partial charge in [-0.3, -0.25) is 4.79 Å². The minimum atomic E-state index is -0.838. The van der Waals surface area contributed by atoms with Crippen LogP contribution in [0.1, 0.15) is 129 Å². The average Bonchev–Trinajstić information content (AvgIpc) is 2.84. The van der Waals surface area contributed by atoms with Crippen LogP contribution in [0, 0.1) is 0 Å². The first kappa shape index (κ1) is 32.6. The Balaban J connectivity index is 3.69. The largest absolute Gasteiger partial charge is 0.394 e. The number of carbonyl (C=O) groups is 1. The van der Waals surface area contributed by atoms with Crippen LogP contribution in [0.3, 0.4) is 0 Å². The van der Waals surface area contributed by atoms with Gasteiger partial charge in [0.25, 0.3) is 0 Å². The van der Waals surface area contributed by atoms with Crippen molar-refractivity contribution in [3.63, 3.8) is 0 Å². The third kappa shape index (κ3) is 22.4. The van der Waals surface area contributed by atoms with E-state index in [1.807, 2.05) is 6.08 Å². The van der Waals surface area contributed by atoms with Crippen LogP contribution in [0.4, 0.5) is 0 Å². The molecule has 34 heavy (non-hydrogen) atoms. The lowest BCUT2D eigenvalue weighted by Crippen LogP contribution is -2.45. The average molecular weight is 478 g/mol. The number of aliphatic hydroxyl groups excluding tert-OH is 2. The summed E-state index contributed by atoms with van der Waals surface area (Å²) in [5.74, 6) is -0.0872. The van der Waals surface area contributed by atoms with E-state index < -0.39 is 12.1 Å². The van der Waals surface area contributed by atoms with Gasteiger partial charge in [-0.1, -0.05) is 108 Å². The van der Waals surface area contributed by atoms with Gasteiger partial charge in [0.2, 0.25) is 5.91 Å². The highest BCUT2D eigenvalue weighted by molar-refractivity contribution is 5.76. The van der Waals surface area contributed by atoms with Gasteiger partial charge in [0.05, 0.1) is 18.8 Å². The lowest BCUT2D eigenvalue weighted by Gasteiger charge is -2.20. The molecule has 0 bridgehead atoms. The number of rotatable bonds is 24. The minimum Gasteiger partial charge on any atom is -0.394 e. The molecule has 3 N–H and O–H groups in total. The third-order valence-corrected chi connectivity index (χ3v) is 6.12. The predicted molar refractivity (Wildman–Crippen MR) is 147 cm³/mol. The molecule has 1 amide bonds. The lowest BCUT2D eigenvalue weighted by molar-refractivity contribution is -0.123. The summed E-state index contributed by atoms with van der Waals surface area (Å²) in [5, 5.41) is 22.5. The van der Waals surface area contributed by atoms with Crippen LogP contribution in [0.2, 0.25) is 0 Å². The maximum atomic E-state index is 12.1. The van der Waals surface area contributed by atoms with Gasteiger partial charge in [0, 0.05) is 6.42 Å². The summed E-state index contributed by atoms with van der Waals surface area (Å²) in [6.45, 7) is 4.18. The molecule has 2 unspecified atom stereocenters. The lowest BCUT2D eigenvalue weighted by atomic mass is 10.1. The predicted octanol–water partition coefficient (Wildman–Crippen LogP) is 7.55. The first-order chi connectivity index (χ1) is 16.7. The molecule has 0 aromatic carbocycles. The van der Waals surface area contributed by atoms with Crippen molar-refractivity contribution in [2.24, 2.45) is 0 Å². The molecule has 0 saturated carbocycles. The molecule has 0 aromatic rings. The van der Waals surface area contributed by atoms with E-state index in [0.29, 0.717) is 6.42 Å². The molecule has 0 aromatic heterocycles. The van der Waals surface area contributed by atoms with E-state index in [9.17, 15) is 15.0 Å². The Kier molecular flexibility index (Phi) is 25.1. The Morgan fingerprint density at radius 2 is 1.21 bits per heavy atom. The normalized spacial score (nSPS) is 13.9. The quantitative estimate of drug-likeness (QED) is 0.0992. The molecular formula is C30H55NO3. The topological polar surface area (TPSA) is 69.6 Å². The zero-order chi connectivity index (χ0) is 25.1. The van der Waals surface area contributed by atoms with Gasteiger partial charge in [-0.15, -0.1) is 0 Å². The molecule has 0 aliphatic carbocycles. The van der Waals surface area contributed by atoms with Crippen LogP contribution in [-0.2, 0) is 4.79 Å². The highest BCUT2D eigenvalue weighted by Gasteiger charge is 2.17. The number of aliphatic hydroxyl groups is 2. The first-order valence-electron chi connectivity index (χ1n) is 14.2. The SMILES string of the molecule is CCCCCC/C=C\C/C=C\CCCCCCCC(=O)NC(CO)C(O)/C=C/CCCCCC. The summed E-state index contributed by atoms with van der Waals surface area (Å²) in [6, 6.07) is -0.623. The standard InChI is InChI=1S/C30H55NO3/c1-3-5-7-9-11-12-13-14-15-16-17-18-19-20-22-24-26-30(34)31-28(27-32)29(33)25-23-21-10-8-6-4-2/h12-13,15-16,23,25,28-29,32-33H,3-11,14,17-22,24,26-27H2,1-2H3,(H,31,34)/b13-12-,16-15-,25-23+. The maximum Gasteiger partial charge on any atom is 0.220 e. The van der Waals surface area contributed by atoms with Crippen LogP contribution in [0.5, 0.6) is 0 Å². The number of unbranched alkanes of at least 4 members (excludes halogenated alkanes) is 13. The minimum absolute atomic E-state index is 0.0872. The van der Waals surface area contributed by atoms with E-state index >= 15 is 0 Å². The summed E-state index contributed by atoms with van der Waals surface area (Å²) in [4.78, 5) is 12.1. The third-order valence-electron chi connectivity index (χ3n) is 6.12. The molecule has 0 aliphatic heterocycles. The van der Waals surface area contributed by atoms with Crippen LogP contribution < -0.4 is 5.32 Å². The van der Waals surface area contributed by atoms with E-state index in [0.717, 1.165) is 44.9 Å². The molecule has 198 valence electrons. The number of allylic oxidation sites excluding steroid dienone is 5. The second-order valence-electron chi connectivity index (χ2n) is 9.46. The van der Waals surface area contributed by atoms with Gasteiger partial charge >= 0.3 is 0 Å². The van der Waals surface area contributed by atoms with Crippen molar-refractivity contribution in [3.05, 3.63) is 36.5 Å². The fourth-order valence-electron chi connectivity index (χ4n) is 3.85. The Hall–Kier alpha value is -1.39. The Labute approximate surface area is 211 Å². The molecule has 0 spiro atoms. The van der Waals surface area contributed by atoms with E-state index in [2.05, 4.69) is 43.5 Å². The molecule has 2 atom stereocenters. The second-order valence-corrected chi connectivity index (χ2v) is 9.46. The maximum absolute atomic E-state index is 12.1. The Bertz CT molecular complexity index is 527. The van der Waals surface area contributed by atoms with E-state index in [1.165, 1.54) is 64.2 Å². The van der Waals surface area contributed by atoms with Gasteiger partial charge < -0.3 is 15.5 Å². The summed E-state index contributed by atoms with van der Waals surface area (Å²) in [7, 11) is 0. The van der Waals surface area contributed by atoms with Gasteiger partial charge in [-0.25, -0.2) is 0 Å². The van der Waals surface area contributed by atoms with Crippen molar-refractivity contribution in [1.82, 2.24) is 5.32 Å². The van der Waals surface area contributed by atoms with E-state index in [4.69, 9.17) is 0 Å². The summed E-state index contributed by atoms with van der Waals surface area (Å²) in [6.07, 6.45) is 32.2. The molecule has 0 fully saturated rings. The second kappa shape index (κ2) is 26.2. The van der Waals surface area contributed by atoms with Gasteiger partial charge in [-0.2, -0.15) is 0 Å².